The van der Waals surface area contributed by atoms with Crippen molar-refractivity contribution in [2.24, 2.45) is 11.8 Å². The van der Waals surface area contributed by atoms with Gasteiger partial charge in [-0.05, 0) is 37.1 Å². The molecule has 5 nitrogen and oxygen atoms in total. The zero-order chi connectivity index (χ0) is 18.6. The van der Waals surface area contributed by atoms with Gasteiger partial charge < -0.3 is 14.7 Å². The topological polar surface area (TPSA) is 66.8 Å². The number of rotatable bonds is 5. The van der Waals surface area contributed by atoms with Crippen LogP contribution < -0.4 is 9.64 Å². The Kier molecular flexibility index (Phi) is 5.92. The fourth-order valence-corrected chi connectivity index (χ4v) is 3.11. The number of amides is 1. The lowest BCUT2D eigenvalue weighted by Crippen LogP contribution is -2.43. The zero-order valence-electron chi connectivity index (χ0n) is 13.8. The molecular formula is C17H20F3NO4. The van der Waals surface area contributed by atoms with E-state index >= 15 is 0 Å². The van der Waals surface area contributed by atoms with Crippen LogP contribution in [0.5, 0.6) is 5.75 Å². The van der Waals surface area contributed by atoms with Crippen LogP contribution in [0, 0.1) is 11.8 Å². The maximum absolute atomic E-state index is 13.2. The molecule has 0 saturated heterocycles. The molecule has 1 N–H and O–H groups in total. The molecule has 1 aliphatic rings. The summed E-state index contributed by atoms with van der Waals surface area (Å²) in [6.45, 7) is -0.497. The molecule has 1 aromatic carbocycles. The number of hydrogen-bond donors (Lipinski definition) is 1. The van der Waals surface area contributed by atoms with E-state index in [0.717, 1.165) is 0 Å². The minimum Gasteiger partial charge on any atom is -0.482 e. The van der Waals surface area contributed by atoms with Crippen molar-refractivity contribution in [1.29, 1.82) is 0 Å². The van der Waals surface area contributed by atoms with Crippen LogP contribution in [0.3, 0.4) is 0 Å². The summed E-state index contributed by atoms with van der Waals surface area (Å²) >= 11 is 0. The van der Waals surface area contributed by atoms with Gasteiger partial charge in [0.05, 0.1) is 5.92 Å². The molecule has 0 aliphatic heterocycles. The van der Waals surface area contributed by atoms with Crippen molar-refractivity contribution in [1.82, 2.24) is 0 Å². The molecule has 25 heavy (non-hydrogen) atoms. The van der Waals surface area contributed by atoms with E-state index in [1.54, 1.807) is 0 Å². The largest absolute Gasteiger partial charge is 0.482 e. The van der Waals surface area contributed by atoms with Gasteiger partial charge in [0.1, 0.15) is 5.75 Å². The minimum atomic E-state index is -4.38. The smallest absolute Gasteiger partial charge is 0.392 e. The number of carboxylic acids is 1. The summed E-state index contributed by atoms with van der Waals surface area (Å²) in [6.07, 6.45) is -3.08. The number of benzene rings is 1. The number of halogens is 3. The average Bonchev–Trinajstić information content (AvgIpc) is 2.58. The summed E-state index contributed by atoms with van der Waals surface area (Å²) in [7, 11) is 1.44. The van der Waals surface area contributed by atoms with Gasteiger partial charge >= 0.3 is 12.1 Å². The predicted molar refractivity (Wildman–Crippen MR) is 84.5 cm³/mol. The van der Waals surface area contributed by atoms with Crippen LogP contribution in [-0.2, 0) is 9.59 Å². The van der Waals surface area contributed by atoms with Gasteiger partial charge in [-0.1, -0.05) is 12.8 Å². The Labute approximate surface area is 143 Å². The number of aliphatic carboxylic acids is 1. The van der Waals surface area contributed by atoms with E-state index in [0.29, 0.717) is 24.3 Å². The lowest BCUT2D eigenvalue weighted by atomic mass is 9.78. The van der Waals surface area contributed by atoms with Gasteiger partial charge in [0, 0.05) is 18.7 Å². The highest BCUT2D eigenvalue weighted by Gasteiger charge is 2.48. The zero-order valence-corrected chi connectivity index (χ0v) is 13.8. The minimum absolute atomic E-state index is 0.0181. The highest BCUT2D eigenvalue weighted by atomic mass is 19.4. The molecule has 0 radical (unpaired) electrons. The summed E-state index contributed by atoms with van der Waals surface area (Å²) in [6, 6.07) is 5.98. The number of carbonyl (C=O) groups excluding carboxylic acids is 1. The third-order valence-electron chi connectivity index (χ3n) is 4.42. The van der Waals surface area contributed by atoms with Crippen LogP contribution in [0.2, 0.25) is 0 Å². The first-order chi connectivity index (χ1) is 11.7. The highest BCUT2D eigenvalue weighted by molar-refractivity contribution is 5.94. The maximum Gasteiger partial charge on any atom is 0.392 e. The Morgan fingerprint density at radius 2 is 1.80 bits per heavy atom. The third-order valence-corrected chi connectivity index (χ3v) is 4.42. The van der Waals surface area contributed by atoms with Crippen LogP contribution in [-0.4, -0.2) is 36.8 Å². The van der Waals surface area contributed by atoms with Gasteiger partial charge in [0.2, 0.25) is 5.91 Å². The van der Waals surface area contributed by atoms with E-state index < -0.39 is 36.5 Å². The van der Waals surface area contributed by atoms with Crippen LogP contribution in [0.15, 0.2) is 24.3 Å². The quantitative estimate of drug-likeness (QED) is 0.874. The lowest BCUT2D eigenvalue weighted by Gasteiger charge is -2.34. The Hall–Kier alpha value is -2.25. The molecule has 0 heterocycles. The van der Waals surface area contributed by atoms with Gasteiger partial charge in [0.25, 0.3) is 0 Å². The van der Waals surface area contributed by atoms with Crippen molar-refractivity contribution in [2.75, 3.05) is 18.6 Å². The summed E-state index contributed by atoms with van der Waals surface area (Å²) in [5.41, 5.74) is 0.430. The maximum atomic E-state index is 13.2. The molecule has 0 bridgehead atoms. The van der Waals surface area contributed by atoms with E-state index in [1.807, 2.05) is 0 Å². The van der Waals surface area contributed by atoms with Gasteiger partial charge in [-0.15, -0.1) is 0 Å². The first-order valence-corrected chi connectivity index (χ1v) is 7.99. The lowest BCUT2D eigenvalue weighted by molar-refractivity contribution is -0.197. The molecule has 1 fully saturated rings. The second kappa shape index (κ2) is 7.76. The molecule has 0 spiro atoms. The monoisotopic (exact) mass is 359 g/mol. The highest BCUT2D eigenvalue weighted by Crippen LogP contribution is 2.42. The van der Waals surface area contributed by atoms with Crippen molar-refractivity contribution in [3.63, 3.8) is 0 Å². The second-order valence-corrected chi connectivity index (χ2v) is 6.11. The molecular weight excluding hydrogens is 339 g/mol. The number of anilines is 1. The van der Waals surface area contributed by atoms with E-state index in [2.05, 4.69) is 0 Å². The van der Waals surface area contributed by atoms with Crippen molar-refractivity contribution in [3.05, 3.63) is 24.3 Å². The van der Waals surface area contributed by atoms with E-state index in [4.69, 9.17) is 9.84 Å². The number of alkyl halides is 3. The number of hydrogen-bond acceptors (Lipinski definition) is 3. The molecule has 1 aliphatic carbocycles. The predicted octanol–water partition coefficient (Wildman–Crippen LogP) is 3.48. The molecule has 1 aromatic rings. The normalized spacial score (nSPS) is 20.8. The Morgan fingerprint density at radius 1 is 1.20 bits per heavy atom. The van der Waals surface area contributed by atoms with Crippen LogP contribution in [0.1, 0.15) is 25.7 Å². The standard InChI is InChI=1S/C17H20F3NO4/c1-21(11-6-8-12(9-7-11)25-10-15(22)23)16(24)13-4-2-3-5-14(13)17(18,19)20/h6-9,13-14H,2-5,10H2,1H3,(H,22,23). The molecule has 8 heteroatoms. The molecule has 1 amide bonds. The summed E-state index contributed by atoms with van der Waals surface area (Å²) < 4.78 is 44.5. The molecule has 1 saturated carbocycles. The molecule has 2 atom stereocenters. The average molecular weight is 359 g/mol. The fourth-order valence-electron chi connectivity index (χ4n) is 3.11. The third kappa shape index (κ3) is 4.87. The summed E-state index contributed by atoms with van der Waals surface area (Å²) in [5.74, 6) is -4.04. The SMILES string of the molecule is CN(C(=O)C1CCCCC1C(F)(F)F)c1ccc(OCC(=O)O)cc1. The van der Waals surface area contributed by atoms with E-state index in [9.17, 15) is 22.8 Å². The van der Waals surface area contributed by atoms with Crippen LogP contribution in [0.4, 0.5) is 18.9 Å². The molecule has 2 rings (SSSR count). The number of carboxylic acid groups (broad SMARTS) is 1. The Morgan fingerprint density at radius 3 is 2.36 bits per heavy atom. The van der Waals surface area contributed by atoms with Gasteiger partial charge in [-0.25, -0.2) is 4.79 Å². The number of carbonyl (C=O) groups is 2. The van der Waals surface area contributed by atoms with Gasteiger partial charge in [-0.2, -0.15) is 13.2 Å². The first kappa shape index (κ1) is 19.1. The first-order valence-electron chi connectivity index (χ1n) is 7.99. The Bertz CT molecular complexity index is 615. The van der Waals surface area contributed by atoms with Crippen LogP contribution in [0.25, 0.3) is 0 Å². The van der Waals surface area contributed by atoms with Crippen molar-refractivity contribution in [3.8, 4) is 5.75 Å². The summed E-state index contributed by atoms with van der Waals surface area (Å²) in [5, 5.41) is 8.56. The van der Waals surface area contributed by atoms with Crippen LogP contribution >= 0.6 is 0 Å². The Balaban J connectivity index is 2.09. The second-order valence-electron chi connectivity index (χ2n) is 6.11. The molecule has 138 valence electrons. The number of ether oxygens (including phenoxy) is 1. The molecule has 2 unspecified atom stereocenters. The van der Waals surface area contributed by atoms with Gasteiger partial charge in [-0.3, -0.25) is 4.79 Å². The fraction of sp³-hybridized carbons (Fsp3) is 0.529. The van der Waals surface area contributed by atoms with Crippen molar-refractivity contribution < 1.29 is 32.6 Å². The van der Waals surface area contributed by atoms with E-state index in [1.165, 1.54) is 36.2 Å². The van der Waals surface area contributed by atoms with E-state index in [-0.39, 0.29) is 12.8 Å². The van der Waals surface area contributed by atoms with Crippen molar-refractivity contribution in [2.45, 2.75) is 31.9 Å². The van der Waals surface area contributed by atoms with Gasteiger partial charge in [0.15, 0.2) is 6.61 Å². The summed E-state index contributed by atoms with van der Waals surface area (Å²) in [4.78, 5) is 24.2. The number of nitrogens with zero attached hydrogens (tertiary/aromatic N) is 1. The van der Waals surface area contributed by atoms with Crippen molar-refractivity contribution >= 4 is 17.6 Å². The molecule has 0 aromatic heterocycles.